The van der Waals surface area contributed by atoms with E-state index in [0.29, 0.717) is 30.0 Å². The van der Waals surface area contributed by atoms with Gasteiger partial charge in [-0.15, -0.1) is 0 Å². The molecule has 0 aliphatic carbocycles. The van der Waals surface area contributed by atoms with E-state index in [-0.39, 0.29) is 11.6 Å². The molecule has 0 N–H and O–H groups in total. The van der Waals surface area contributed by atoms with Crippen LogP contribution in [0.1, 0.15) is 12.0 Å². The molecule has 0 saturated heterocycles. The normalized spacial score (nSPS) is 11.8. The lowest BCUT2D eigenvalue weighted by Gasteiger charge is -2.17. The highest BCUT2D eigenvalue weighted by Gasteiger charge is 2.14. The Morgan fingerprint density at radius 2 is 1.83 bits per heavy atom. The molecule has 2 aromatic rings. The summed E-state index contributed by atoms with van der Waals surface area (Å²) in [7, 11) is -1.40. The van der Waals surface area contributed by atoms with Crippen molar-refractivity contribution in [2.75, 3.05) is 19.3 Å². The fourth-order valence-corrected chi connectivity index (χ4v) is 4.03. The Kier molecular flexibility index (Phi) is 6.33. The number of hydrogen-bond acceptors (Lipinski definition) is 3. The zero-order chi connectivity index (χ0) is 16.9. The Labute approximate surface area is 145 Å². The van der Waals surface area contributed by atoms with E-state index in [2.05, 4.69) is 15.9 Å². The van der Waals surface area contributed by atoms with E-state index in [4.69, 9.17) is 0 Å². The molecule has 2 rings (SSSR count). The molecule has 124 valence electrons. The number of rotatable bonds is 7. The maximum Gasteiger partial charge on any atom is 0.178 e. The summed E-state index contributed by atoms with van der Waals surface area (Å²) in [5.41, 5.74) is 0.591. The molecule has 0 heterocycles. The summed E-state index contributed by atoms with van der Waals surface area (Å²) in [6.45, 7) is 1.02. The number of benzene rings is 2. The van der Waals surface area contributed by atoms with Crippen molar-refractivity contribution in [1.29, 1.82) is 0 Å². The fraction of sp³-hybridized carbons (Fsp3) is 0.294. The molecule has 0 aromatic heterocycles. The Morgan fingerprint density at radius 1 is 1.13 bits per heavy atom. The summed E-state index contributed by atoms with van der Waals surface area (Å²) in [6, 6.07) is 13.3. The summed E-state index contributed by atoms with van der Waals surface area (Å²) in [5, 5.41) is 0. The second-order valence-corrected chi connectivity index (χ2v) is 8.48. The van der Waals surface area contributed by atoms with Crippen LogP contribution in [-0.2, 0) is 16.4 Å². The third-order valence-electron chi connectivity index (χ3n) is 3.50. The van der Waals surface area contributed by atoms with Crippen LogP contribution >= 0.6 is 15.9 Å². The fourth-order valence-electron chi connectivity index (χ4n) is 2.30. The Bertz CT molecular complexity index is 750. The van der Waals surface area contributed by atoms with Crippen LogP contribution < -0.4 is 0 Å². The van der Waals surface area contributed by atoms with E-state index in [1.165, 1.54) is 6.07 Å². The van der Waals surface area contributed by atoms with Gasteiger partial charge in [0.2, 0.25) is 0 Å². The van der Waals surface area contributed by atoms with Gasteiger partial charge in [0, 0.05) is 16.6 Å². The van der Waals surface area contributed by atoms with Gasteiger partial charge in [-0.2, -0.15) is 0 Å². The molecule has 2 aromatic carbocycles. The summed E-state index contributed by atoms with van der Waals surface area (Å²) >= 11 is 3.33. The molecule has 0 saturated carbocycles. The summed E-state index contributed by atoms with van der Waals surface area (Å²) in [6.07, 6.45) is 0.503. The second-order valence-electron chi connectivity index (χ2n) is 5.46. The zero-order valence-corrected chi connectivity index (χ0v) is 15.3. The maximum absolute atomic E-state index is 13.7. The third kappa shape index (κ3) is 5.41. The molecule has 0 spiro atoms. The van der Waals surface area contributed by atoms with Crippen LogP contribution in [0.5, 0.6) is 0 Å². The van der Waals surface area contributed by atoms with Crippen LogP contribution in [0.25, 0.3) is 0 Å². The van der Waals surface area contributed by atoms with Crippen LogP contribution in [-0.4, -0.2) is 32.7 Å². The highest BCUT2D eigenvalue weighted by molar-refractivity contribution is 9.10. The first-order chi connectivity index (χ1) is 10.9. The Morgan fingerprint density at radius 3 is 2.52 bits per heavy atom. The summed E-state index contributed by atoms with van der Waals surface area (Å²) in [4.78, 5) is 2.27. The van der Waals surface area contributed by atoms with Gasteiger partial charge in [0.15, 0.2) is 9.84 Å². The predicted molar refractivity (Wildman–Crippen MR) is 93.5 cm³/mol. The molecule has 6 heteroatoms. The lowest BCUT2D eigenvalue weighted by Crippen LogP contribution is -2.22. The van der Waals surface area contributed by atoms with Gasteiger partial charge >= 0.3 is 0 Å². The highest BCUT2D eigenvalue weighted by atomic mass is 79.9. The van der Waals surface area contributed by atoms with E-state index in [1.807, 2.05) is 11.9 Å². The van der Waals surface area contributed by atoms with Crippen molar-refractivity contribution in [3.63, 3.8) is 0 Å². The number of sulfone groups is 1. The Balaban J connectivity index is 1.87. The standard InChI is InChI=1S/C17H19BrFNO2S/c1-20(13-14-12-15(18)8-9-17(14)19)10-5-11-23(21,22)16-6-3-2-4-7-16/h2-4,6-9,12H,5,10-11,13H2,1H3. The first-order valence-electron chi connectivity index (χ1n) is 7.29. The number of hydrogen-bond donors (Lipinski definition) is 0. The largest absolute Gasteiger partial charge is 0.302 e. The van der Waals surface area contributed by atoms with E-state index in [0.717, 1.165) is 4.47 Å². The van der Waals surface area contributed by atoms with Crippen molar-refractivity contribution in [3.05, 3.63) is 64.4 Å². The van der Waals surface area contributed by atoms with Gasteiger partial charge in [-0.3, -0.25) is 0 Å². The third-order valence-corrected chi connectivity index (χ3v) is 5.81. The lowest BCUT2D eigenvalue weighted by atomic mass is 10.2. The van der Waals surface area contributed by atoms with Crippen molar-refractivity contribution in [1.82, 2.24) is 4.90 Å². The predicted octanol–water partition coefficient (Wildman–Crippen LogP) is 3.88. The smallest absolute Gasteiger partial charge is 0.178 e. The first kappa shape index (κ1) is 18.1. The monoisotopic (exact) mass is 399 g/mol. The van der Waals surface area contributed by atoms with E-state index in [9.17, 15) is 12.8 Å². The quantitative estimate of drug-likeness (QED) is 0.708. The van der Waals surface area contributed by atoms with Gasteiger partial charge in [-0.1, -0.05) is 34.1 Å². The van der Waals surface area contributed by atoms with E-state index in [1.54, 1.807) is 42.5 Å². The topological polar surface area (TPSA) is 37.4 Å². The minimum atomic E-state index is -3.25. The molecule has 0 bridgehead atoms. The average Bonchev–Trinajstić information content (AvgIpc) is 2.51. The van der Waals surface area contributed by atoms with Crippen LogP contribution in [0.3, 0.4) is 0 Å². The van der Waals surface area contributed by atoms with Gasteiger partial charge in [0.25, 0.3) is 0 Å². The van der Waals surface area contributed by atoms with Crippen LogP contribution in [0.4, 0.5) is 4.39 Å². The van der Waals surface area contributed by atoms with Gasteiger partial charge < -0.3 is 4.90 Å². The zero-order valence-electron chi connectivity index (χ0n) is 12.9. The highest BCUT2D eigenvalue weighted by Crippen LogP contribution is 2.17. The molecule has 0 aliphatic heterocycles. The molecular weight excluding hydrogens is 381 g/mol. The molecule has 3 nitrogen and oxygen atoms in total. The van der Waals surface area contributed by atoms with Gasteiger partial charge in [-0.25, -0.2) is 12.8 Å². The molecule has 0 amide bonds. The lowest BCUT2D eigenvalue weighted by molar-refractivity contribution is 0.322. The van der Waals surface area contributed by atoms with Gasteiger partial charge in [-0.05, 0) is 50.3 Å². The maximum atomic E-state index is 13.7. The molecule has 0 atom stereocenters. The van der Waals surface area contributed by atoms with Crippen LogP contribution in [0.2, 0.25) is 0 Å². The second kappa shape index (κ2) is 8.04. The van der Waals surface area contributed by atoms with E-state index < -0.39 is 9.84 Å². The number of halogens is 2. The molecule has 0 radical (unpaired) electrons. The number of nitrogens with zero attached hydrogens (tertiary/aromatic N) is 1. The molecular formula is C17H19BrFNO2S. The minimum absolute atomic E-state index is 0.0856. The van der Waals surface area contributed by atoms with Crippen molar-refractivity contribution in [2.45, 2.75) is 17.9 Å². The summed E-state index contributed by atoms with van der Waals surface area (Å²) in [5.74, 6) is -0.167. The van der Waals surface area contributed by atoms with Crippen molar-refractivity contribution >= 4 is 25.8 Å². The van der Waals surface area contributed by atoms with Crippen LogP contribution in [0.15, 0.2) is 57.9 Å². The molecule has 0 aliphatic rings. The van der Waals surface area contributed by atoms with Crippen molar-refractivity contribution in [3.8, 4) is 0 Å². The van der Waals surface area contributed by atoms with Gasteiger partial charge in [0.05, 0.1) is 10.6 Å². The SMILES string of the molecule is CN(CCCS(=O)(=O)c1ccccc1)Cc1cc(Br)ccc1F. The Hall–Kier alpha value is -1.24. The van der Waals surface area contributed by atoms with Crippen molar-refractivity contribution in [2.24, 2.45) is 0 Å². The summed E-state index contributed by atoms with van der Waals surface area (Å²) < 4.78 is 38.9. The van der Waals surface area contributed by atoms with Crippen molar-refractivity contribution < 1.29 is 12.8 Å². The average molecular weight is 400 g/mol. The molecule has 0 fully saturated rings. The minimum Gasteiger partial charge on any atom is -0.302 e. The van der Waals surface area contributed by atoms with E-state index >= 15 is 0 Å². The van der Waals surface area contributed by atoms with Gasteiger partial charge in [0.1, 0.15) is 5.82 Å². The van der Waals surface area contributed by atoms with Crippen LogP contribution in [0, 0.1) is 5.82 Å². The molecule has 0 unspecified atom stereocenters. The first-order valence-corrected chi connectivity index (χ1v) is 9.73. The molecule has 23 heavy (non-hydrogen) atoms.